The molecule has 0 aliphatic rings. The number of imidazole rings is 1. The number of halogens is 1. The molecule has 0 unspecified atom stereocenters. The maximum atomic E-state index is 11.7. The van der Waals surface area contributed by atoms with Gasteiger partial charge in [0.15, 0.2) is 0 Å². The average Bonchev–Trinajstić information content (AvgIpc) is 2.45. The molecule has 0 spiro atoms. The third-order valence-corrected chi connectivity index (χ3v) is 4.77. The first-order chi connectivity index (χ1) is 6.82. The molecule has 0 amide bonds. The monoisotopic (exact) mass is 297 g/mol. The Labute approximate surface area is 96.7 Å². The lowest BCUT2D eigenvalue weighted by Gasteiger charge is -2.10. The maximum absolute atomic E-state index is 11.7. The number of hydrogen-bond acceptors (Lipinski definition) is 4. The van der Waals surface area contributed by atoms with Gasteiger partial charge in [-0.2, -0.15) is 0 Å². The van der Waals surface area contributed by atoms with Crippen molar-refractivity contribution in [2.45, 2.75) is 18.9 Å². The molecule has 6 nitrogen and oxygen atoms in total. The van der Waals surface area contributed by atoms with Crippen LogP contribution in [-0.4, -0.2) is 34.2 Å². The number of sulfonamides is 1. The molecule has 8 heteroatoms. The van der Waals surface area contributed by atoms with E-state index in [2.05, 4.69) is 20.9 Å². The van der Waals surface area contributed by atoms with E-state index in [-0.39, 0.29) is 16.0 Å². The molecule has 0 fully saturated rings. The third-order valence-electron chi connectivity index (χ3n) is 2.01. The summed E-state index contributed by atoms with van der Waals surface area (Å²) in [6, 6.07) is 0. The molecule has 0 aliphatic carbocycles. The number of hydrogen-bond donors (Lipinski definition) is 1. The van der Waals surface area contributed by atoms with Gasteiger partial charge in [0.1, 0.15) is 10.4 Å². The van der Waals surface area contributed by atoms with Crippen LogP contribution in [0.5, 0.6) is 0 Å². The normalized spacial score (nSPS) is 12.4. The maximum Gasteiger partial charge on any atom is 0.284 e. The molecule has 0 aromatic carbocycles. The van der Waals surface area contributed by atoms with Crippen LogP contribution in [0.4, 0.5) is 0 Å². The van der Waals surface area contributed by atoms with E-state index in [0.717, 1.165) is 0 Å². The molecule has 0 atom stereocenters. The molecule has 1 aromatic rings. The predicted molar refractivity (Wildman–Crippen MR) is 57.0 cm³/mol. The molecule has 0 saturated heterocycles. The minimum atomic E-state index is -3.91. The number of aromatic nitrogens is 2. The van der Waals surface area contributed by atoms with Gasteiger partial charge in [0, 0.05) is 13.6 Å². The van der Waals surface area contributed by atoms with Crippen molar-refractivity contribution in [1.29, 1.82) is 0 Å². The summed E-state index contributed by atoms with van der Waals surface area (Å²) >= 11 is 3.12. The van der Waals surface area contributed by atoms with E-state index in [1.807, 2.05) is 0 Å². The van der Waals surface area contributed by atoms with Gasteiger partial charge in [-0.15, -0.1) is 0 Å². The summed E-state index contributed by atoms with van der Waals surface area (Å²) in [5, 5.41) is 9.06. The highest BCUT2D eigenvalue weighted by molar-refractivity contribution is 9.10. The van der Waals surface area contributed by atoms with Crippen LogP contribution >= 0.6 is 15.9 Å². The second kappa shape index (κ2) is 4.20. The van der Waals surface area contributed by atoms with Crippen LogP contribution in [0.3, 0.4) is 0 Å². The first-order valence-electron chi connectivity index (χ1n) is 4.22. The predicted octanol–water partition coefficient (Wildman–Crippen LogP) is 0.891. The zero-order chi connectivity index (χ0) is 11.8. The Morgan fingerprint density at radius 3 is 2.47 bits per heavy atom. The molecule has 1 heterocycles. The van der Waals surface area contributed by atoms with Crippen molar-refractivity contribution in [3.63, 3.8) is 0 Å². The van der Waals surface area contributed by atoms with E-state index in [4.69, 9.17) is 0 Å². The fraction of sp³-hybridized carbons (Fsp3) is 0.571. The van der Waals surface area contributed by atoms with E-state index >= 15 is 0 Å². The molecular formula is C7H12BrN3O3S. The van der Waals surface area contributed by atoms with E-state index in [9.17, 15) is 13.6 Å². The summed E-state index contributed by atoms with van der Waals surface area (Å²) < 4.78 is 25.6. The van der Waals surface area contributed by atoms with Gasteiger partial charge in [-0.3, -0.25) is 5.21 Å². The molecule has 0 bridgehead atoms. The Morgan fingerprint density at radius 2 is 2.13 bits per heavy atom. The molecule has 0 saturated carbocycles. The second-order valence-electron chi connectivity index (χ2n) is 2.96. The van der Waals surface area contributed by atoms with Crippen LogP contribution in [0.15, 0.2) is 9.63 Å². The van der Waals surface area contributed by atoms with Crippen molar-refractivity contribution >= 4 is 26.0 Å². The smallest absolute Gasteiger partial charge is 0.284 e. The number of nitrogens with zero attached hydrogens (tertiary/aromatic N) is 3. The van der Waals surface area contributed by atoms with Crippen molar-refractivity contribution in [1.82, 2.24) is 14.0 Å². The van der Waals surface area contributed by atoms with Crippen LogP contribution in [0, 0.1) is 6.92 Å². The van der Waals surface area contributed by atoms with E-state index in [1.54, 1.807) is 18.5 Å². The van der Waals surface area contributed by atoms with Gasteiger partial charge in [0.05, 0.1) is 0 Å². The molecule has 1 rings (SSSR count). The van der Waals surface area contributed by atoms with Gasteiger partial charge in [-0.1, -0.05) is 4.47 Å². The molecular weight excluding hydrogens is 286 g/mol. The quantitative estimate of drug-likeness (QED) is 0.841. The number of rotatable bonds is 3. The van der Waals surface area contributed by atoms with Crippen LogP contribution in [0.1, 0.15) is 12.7 Å². The van der Waals surface area contributed by atoms with Crippen molar-refractivity contribution in [2.24, 2.45) is 7.05 Å². The Hall–Kier alpha value is -0.440. The third kappa shape index (κ3) is 2.07. The second-order valence-corrected chi connectivity index (χ2v) is 5.47. The first kappa shape index (κ1) is 12.6. The zero-order valence-electron chi connectivity index (χ0n) is 8.60. The summed E-state index contributed by atoms with van der Waals surface area (Å²) in [4.78, 5) is 3.88. The Kier molecular flexibility index (Phi) is 3.54. The van der Waals surface area contributed by atoms with Crippen molar-refractivity contribution in [3.8, 4) is 0 Å². The lowest BCUT2D eigenvalue weighted by Crippen LogP contribution is -2.27. The number of aryl methyl sites for hydroxylation is 1. The Bertz CT molecular complexity index is 468. The van der Waals surface area contributed by atoms with Crippen LogP contribution < -0.4 is 0 Å². The molecule has 0 radical (unpaired) electrons. The molecule has 15 heavy (non-hydrogen) atoms. The molecule has 0 aliphatic heterocycles. The van der Waals surface area contributed by atoms with Crippen LogP contribution in [0.2, 0.25) is 0 Å². The molecule has 86 valence electrons. The van der Waals surface area contributed by atoms with E-state index < -0.39 is 10.0 Å². The van der Waals surface area contributed by atoms with E-state index in [0.29, 0.717) is 10.4 Å². The largest absolute Gasteiger partial charge is 0.325 e. The highest BCUT2D eigenvalue weighted by Crippen LogP contribution is 2.23. The lowest BCUT2D eigenvalue weighted by atomic mass is 10.7. The zero-order valence-corrected chi connectivity index (χ0v) is 11.0. The SMILES string of the molecule is CCN(O)S(=O)(=O)c1nc(C)n(C)c1Br. The topological polar surface area (TPSA) is 75.4 Å². The van der Waals surface area contributed by atoms with Gasteiger partial charge >= 0.3 is 0 Å². The summed E-state index contributed by atoms with van der Waals surface area (Å²) in [6.45, 7) is 3.18. The summed E-state index contributed by atoms with van der Waals surface area (Å²) in [5.41, 5.74) is 0. The minimum absolute atomic E-state index is 0.0234. The lowest BCUT2D eigenvalue weighted by molar-refractivity contribution is 0.00824. The van der Waals surface area contributed by atoms with Gasteiger partial charge in [0.2, 0.25) is 5.03 Å². The van der Waals surface area contributed by atoms with Crippen LogP contribution in [-0.2, 0) is 17.1 Å². The van der Waals surface area contributed by atoms with Gasteiger partial charge in [0.25, 0.3) is 10.0 Å². The Morgan fingerprint density at radius 1 is 1.60 bits per heavy atom. The van der Waals surface area contributed by atoms with Crippen LogP contribution in [0.25, 0.3) is 0 Å². The van der Waals surface area contributed by atoms with Gasteiger partial charge < -0.3 is 4.57 Å². The van der Waals surface area contributed by atoms with Gasteiger partial charge in [-0.25, -0.2) is 13.4 Å². The first-order valence-corrected chi connectivity index (χ1v) is 6.46. The number of hydroxylamine groups is 1. The molecule has 1 N–H and O–H groups in total. The summed E-state index contributed by atoms with van der Waals surface area (Å²) in [6.07, 6.45) is 0. The Balaban J connectivity index is 3.34. The fourth-order valence-corrected chi connectivity index (χ4v) is 3.08. The molecule has 1 aromatic heterocycles. The highest BCUT2D eigenvalue weighted by atomic mass is 79.9. The van der Waals surface area contributed by atoms with E-state index in [1.165, 1.54) is 6.92 Å². The van der Waals surface area contributed by atoms with Crippen molar-refractivity contribution in [3.05, 3.63) is 10.4 Å². The van der Waals surface area contributed by atoms with Crippen molar-refractivity contribution in [2.75, 3.05) is 6.54 Å². The minimum Gasteiger partial charge on any atom is -0.325 e. The standard InChI is InChI=1S/C7H12BrN3O3S/c1-4-11(12)15(13,14)7-6(8)10(3)5(2)9-7/h12H,4H2,1-3H3. The highest BCUT2D eigenvalue weighted by Gasteiger charge is 2.28. The summed E-state index contributed by atoms with van der Waals surface area (Å²) in [7, 11) is -2.23. The van der Waals surface area contributed by atoms with Gasteiger partial charge in [-0.05, 0) is 29.8 Å². The average molecular weight is 298 g/mol. The van der Waals surface area contributed by atoms with Crippen molar-refractivity contribution < 1.29 is 13.6 Å². The fourth-order valence-electron chi connectivity index (χ4n) is 0.987. The summed E-state index contributed by atoms with van der Waals surface area (Å²) in [5.74, 6) is 0.546.